The summed E-state index contributed by atoms with van der Waals surface area (Å²) < 4.78 is 13.0. The van der Waals surface area contributed by atoms with E-state index in [-0.39, 0.29) is 29.9 Å². The number of ether oxygens (including phenoxy) is 2. The Morgan fingerprint density at radius 3 is 2.61 bits per heavy atom. The molecule has 9 heteroatoms. The fourth-order valence-corrected chi connectivity index (χ4v) is 10.8. The zero-order valence-electron chi connectivity index (χ0n) is 30.2. The first-order valence-corrected chi connectivity index (χ1v) is 19.5. The lowest BCUT2D eigenvalue weighted by Crippen LogP contribution is -2.75. The maximum atomic E-state index is 12.9. The number of amides is 1. The number of nitrogens with one attached hydrogen (secondary N) is 1. The number of hydrogen-bond acceptors (Lipinski definition) is 8. The maximum absolute atomic E-state index is 12.9. The van der Waals surface area contributed by atoms with Crippen LogP contribution in [0.4, 0.5) is 0 Å². The zero-order valence-corrected chi connectivity index (χ0v) is 30.2. The second-order valence-corrected chi connectivity index (χ2v) is 16.2. The number of likely N-dealkylation sites (tertiary alicyclic amines) is 1. The molecule has 1 amide bonds. The second kappa shape index (κ2) is 15.4. The van der Waals surface area contributed by atoms with Gasteiger partial charge < -0.3 is 19.3 Å². The summed E-state index contributed by atoms with van der Waals surface area (Å²) in [5.74, 6) is 1.43. The van der Waals surface area contributed by atoms with Gasteiger partial charge in [0.15, 0.2) is 6.35 Å². The topological polar surface area (TPSA) is 84.3 Å². The van der Waals surface area contributed by atoms with E-state index in [1.165, 1.54) is 81.4 Å². The van der Waals surface area contributed by atoms with Crippen molar-refractivity contribution in [1.29, 1.82) is 5.26 Å². The fourth-order valence-electron chi connectivity index (χ4n) is 10.8. The van der Waals surface area contributed by atoms with E-state index in [1.54, 1.807) is 7.11 Å². The summed E-state index contributed by atoms with van der Waals surface area (Å²) in [5.41, 5.74) is 3.10. The minimum atomic E-state index is -0.152. The lowest BCUT2D eigenvalue weighted by molar-refractivity contribution is -0.218. The number of carbonyl (C=O) groups is 1. The summed E-state index contributed by atoms with van der Waals surface area (Å²) in [7, 11) is 4.05. The van der Waals surface area contributed by atoms with Crippen LogP contribution in [0.25, 0.3) is 0 Å². The molecule has 6 aliphatic rings. The van der Waals surface area contributed by atoms with Gasteiger partial charge >= 0.3 is 0 Å². The first kappa shape index (κ1) is 34.9. The number of rotatable bonds is 8. The third-order valence-corrected chi connectivity index (χ3v) is 13.3. The van der Waals surface area contributed by atoms with Gasteiger partial charge in [-0.15, -0.1) is 0 Å². The van der Waals surface area contributed by atoms with Gasteiger partial charge in [0.05, 0.1) is 38.4 Å². The van der Waals surface area contributed by atoms with Gasteiger partial charge in [0.25, 0.3) is 0 Å². The van der Waals surface area contributed by atoms with E-state index in [9.17, 15) is 10.1 Å². The molecule has 1 N–H and O–H groups in total. The van der Waals surface area contributed by atoms with E-state index in [4.69, 9.17) is 9.47 Å². The van der Waals surface area contributed by atoms with Gasteiger partial charge in [-0.05, 0) is 100 Å². The molecule has 0 aromatic heterocycles. The van der Waals surface area contributed by atoms with Gasteiger partial charge in [-0.3, -0.25) is 15.0 Å². The monoisotopic (exact) mass is 672 g/mol. The summed E-state index contributed by atoms with van der Waals surface area (Å²) >= 11 is 0. The summed E-state index contributed by atoms with van der Waals surface area (Å²) in [6, 6.07) is 10.1. The molecule has 3 aliphatic carbocycles. The van der Waals surface area contributed by atoms with Crippen LogP contribution in [0.5, 0.6) is 5.75 Å². The minimum Gasteiger partial charge on any atom is -0.496 e. The highest BCUT2D eigenvalue weighted by molar-refractivity contribution is 5.87. The van der Waals surface area contributed by atoms with Gasteiger partial charge in [0.1, 0.15) is 5.75 Å². The van der Waals surface area contributed by atoms with Crippen LogP contribution < -0.4 is 10.1 Å². The number of fused-ring (bicyclic) bond motifs is 2. The van der Waals surface area contributed by atoms with Crippen molar-refractivity contribution < 1.29 is 14.3 Å². The van der Waals surface area contributed by atoms with Crippen LogP contribution in [0.15, 0.2) is 30.9 Å². The molecule has 1 spiro atoms. The summed E-state index contributed by atoms with van der Waals surface area (Å²) in [6.45, 7) is 7.83. The Labute approximate surface area is 294 Å². The minimum absolute atomic E-state index is 0.0577. The van der Waals surface area contributed by atoms with E-state index < -0.39 is 0 Å². The number of nitrogens with zero attached hydrogens (tertiary/aromatic N) is 5. The molecule has 7 unspecified atom stereocenters. The largest absolute Gasteiger partial charge is 0.496 e. The number of benzene rings is 1. The van der Waals surface area contributed by atoms with Crippen LogP contribution >= 0.6 is 0 Å². The van der Waals surface area contributed by atoms with Crippen LogP contribution in [-0.2, 0) is 22.4 Å². The summed E-state index contributed by atoms with van der Waals surface area (Å²) in [5, 5.41) is 14.1. The highest BCUT2D eigenvalue weighted by Crippen LogP contribution is 2.53. The van der Waals surface area contributed by atoms with Crippen LogP contribution in [0.3, 0.4) is 0 Å². The van der Waals surface area contributed by atoms with Crippen LogP contribution in [0.1, 0.15) is 94.6 Å². The van der Waals surface area contributed by atoms with Crippen LogP contribution in [0.2, 0.25) is 0 Å². The molecule has 7 atom stereocenters. The highest BCUT2D eigenvalue weighted by Gasteiger charge is 2.55. The lowest BCUT2D eigenvalue weighted by atomic mass is 9.64. The Kier molecular flexibility index (Phi) is 11.0. The molecular formula is C40H60N6O3. The van der Waals surface area contributed by atoms with Gasteiger partial charge in [-0.1, -0.05) is 50.8 Å². The Bertz CT molecular complexity index is 1360. The van der Waals surface area contributed by atoms with E-state index >= 15 is 0 Å². The van der Waals surface area contributed by atoms with Gasteiger partial charge in [0, 0.05) is 43.7 Å². The van der Waals surface area contributed by atoms with Crippen molar-refractivity contribution >= 4 is 5.91 Å². The quantitative estimate of drug-likeness (QED) is 0.373. The number of hydrogen-bond donors (Lipinski definition) is 1. The van der Waals surface area contributed by atoms with Crippen molar-refractivity contribution in [3.63, 3.8) is 0 Å². The van der Waals surface area contributed by atoms with Crippen LogP contribution in [0, 0.1) is 22.7 Å². The van der Waals surface area contributed by atoms with Crippen LogP contribution in [-0.4, -0.2) is 109 Å². The molecule has 2 saturated carbocycles. The van der Waals surface area contributed by atoms with Gasteiger partial charge in [0.2, 0.25) is 5.91 Å². The molecule has 3 heterocycles. The van der Waals surface area contributed by atoms with E-state index in [2.05, 4.69) is 57.9 Å². The van der Waals surface area contributed by atoms with Gasteiger partial charge in [-0.25, -0.2) is 4.90 Å². The zero-order chi connectivity index (χ0) is 34.0. The number of likely N-dealkylation sites (N-methyl/N-ethyl adjacent to an activating group) is 1. The van der Waals surface area contributed by atoms with Crippen molar-refractivity contribution in [1.82, 2.24) is 24.9 Å². The number of carbonyl (C=O) groups excluding carboxylic acids is 1. The normalized spacial score (nSPS) is 34.9. The molecule has 1 aromatic carbocycles. The Morgan fingerprint density at radius 2 is 1.88 bits per heavy atom. The maximum Gasteiger partial charge on any atom is 0.246 e. The molecular weight excluding hydrogens is 612 g/mol. The average molecular weight is 673 g/mol. The first-order chi connectivity index (χ1) is 23.9. The molecule has 3 saturated heterocycles. The molecule has 5 fully saturated rings. The molecule has 0 radical (unpaired) electrons. The third kappa shape index (κ3) is 7.19. The smallest absolute Gasteiger partial charge is 0.246 e. The van der Waals surface area contributed by atoms with Crippen molar-refractivity contribution in [2.75, 3.05) is 46.9 Å². The molecule has 49 heavy (non-hydrogen) atoms. The number of methoxy groups -OCH3 is 1. The standard InChI is InChI=1S/C40H60N6O3/c1-4-37(47)45-23-22-44(27-31(45)18-20-41)38-33-17-19-40(24-29-12-10-16-36(48-3)34(29)25-40)26-35(33)42-39(49-28-32-15-11-21-43(32)2)46(38)30-13-8-6-5-7-9-14-30/h4,10,12,16,30-33,35,38-39,42H,1,5-9,11,13-15,17-19,21-28H2,2-3H3. The lowest BCUT2D eigenvalue weighted by Gasteiger charge is -2.60. The van der Waals surface area contributed by atoms with Crippen molar-refractivity contribution in [3.05, 3.63) is 42.0 Å². The predicted molar refractivity (Wildman–Crippen MR) is 192 cm³/mol. The van der Waals surface area contributed by atoms with Gasteiger partial charge in [-0.2, -0.15) is 5.26 Å². The SMILES string of the molecule is C=CC(=O)N1CCN(C2C3CCC4(Cc5cccc(OC)c5C4)CC3NC(OCC3CCCN3C)N2C2CCCCCCC2)CC1CC#N. The van der Waals surface area contributed by atoms with E-state index in [1.807, 2.05) is 4.90 Å². The highest BCUT2D eigenvalue weighted by atomic mass is 16.5. The Balaban J connectivity index is 1.22. The van der Waals surface area contributed by atoms with Crippen molar-refractivity contribution in [2.45, 2.75) is 133 Å². The molecule has 7 rings (SSSR count). The molecule has 3 aliphatic heterocycles. The second-order valence-electron chi connectivity index (χ2n) is 16.2. The van der Waals surface area contributed by atoms with E-state index in [0.29, 0.717) is 37.0 Å². The third-order valence-electron chi connectivity index (χ3n) is 13.3. The molecule has 1 aromatic rings. The first-order valence-electron chi connectivity index (χ1n) is 19.5. The molecule has 268 valence electrons. The Morgan fingerprint density at radius 1 is 1.06 bits per heavy atom. The average Bonchev–Trinajstić information content (AvgIpc) is 3.68. The summed E-state index contributed by atoms with van der Waals surface area (Å²) in [4.78, 5) is 22.8. The fraction of sp³-hybridized carbons (Fsp3) is 0.750. The van der Waals surface area contributed by atoms with Crippen molar-refractivity contribution in [3.8, 4) is 11.8 Å². The predicted octanol–water partition coefficient (Wildman–Crippen LogP) is 5.30. The number of piperazine rings is 1. The Hall–Kier alpha value is -2.48. The number of nitriles is 1. The molecule has 0 bridgehead atoms. The van der Waals surface area contributed by atoms with Crippen molar-refractivity contribution in [2.24, 2.45) is 11.3 Å². The molecule has 9 nitrogen and oxygen atoms in total. The summed E-state index contributed by atoms with van der Waals surface area (Å²) in [6.07, 6.45) is 18.9. The van der Waals surface area contributed by atoms with E-state index in [0.717, 1.165) is 57.7 Å².